The standard InChI is InChI=1S/C17H26FN3/c18-15-5-7-16(8-6-15)20-9-11-21(12-10-20)17(13-19)14-3-1-2-4-14/h5-8,14,17H,1-4,9-13,19H2. The van der Waals surface area contributed by atoms with E-state index in [4.69, 9.17) is 5.73 Å². The molecule has 1 heterocycles. The fourth-order valence-electron chi connectivity index (χ4n) is 3.95. The van der Waals surface area contributed by atoms with Gasteiger partial charge in [0.2, 0.25) is 0 Å². The average Bonchev–Trinajstić information content (AvgIpc) is 3.04. The van der Waals surface area contributed by atoms with E-state index >= 15 is 0 Å². The van der Waals surface area contributed by atoms with Crippen LogP contribution < -0.4 is 10.6 Å². The summed E-state index contributed by atoms with van der Waals surface area (Å²) in [6.07, 6.45) is 5.44. The molecule has 3 rings (SSSR count). The Hall–Kier alpha value is -1.13. The van der Waals surface area contributed by atoms with E-state index in [1.165, 1.54) is 25.7 Å². The Morgan fingerprint density at radius 2 is 1.67 bits per heavy atom. The Morgan fingerprint density at radius 3 is 2.24 bits per heavy atom. The molecule has 1 saturated carbocycles. The van der Waals surface area contributed by atoms with Crippen molar-refractivity contribution in [2.45, 2.75) is 31.7 Å². The molecular formula is C17H26FN3. The molecule has 0 radical (unpaired) electrons. The molecule has 2 N–H and O–H groups in total. The van der Waals surface area contributed by atoms with Crippen molar-refractivity contribution in [3.8, 4) is 0 Å². The van der Waals surface area contributed by atoms with Gasteiger partial charge in [0.1, 0.15) is 5.82 Å². The normalized spacial score (nSPS) is 22.7. The summed E-state index contributed by atoms with van der Waals surface area (Å²) in [5.41, 5.74) is 7.18. The van der Waals surface area contributed by atoms with Crippen molar-refractivity contribution in [2.75, 3.05) is 37.6 Å². The van der Waals surface area contributed by atoms with Crippen LogP contribution in [0.5, 0.6) is 0 Å². The zero-order valence-electron chi connectivity index (χ0n) is 12.7. The second-order valence-electron chi connectivity index (χ2n) is 6.35. The zero-order chi connectivity index (χ0) is 14.7. The van der Waals surface area contributed by atoms with Crippen molar-refractivity contribution in [3.05, 3.63) is 30.1 Å². The minimum Gasteiger partial charge on any atom is -0.369 e. The second kappa shape index (κ2) is 6.75. The van der Waals surface area contributed by atoms with Crippen LogP contribution in [0.4, 0.5) is 10.1 Å². The quantitative estimate of drug-likeness (QED) is 0.925. The number of anilines is 1. The first-order valence-electron chi connectivity index (χ1n) is 8.22. The molecule has 0 aromatic heterocycles. The topological polar surface area (TPSA) is 32.5 Å². The molecule has 1 saturated heterocycles. The molecule has 3 nitrogen and oxygen atoms in total. The number of benzene rings is 1. The van der Waals surface area contributed by atoms with Crippen LogP contribution in [-0.4, -0.2) is 43.7 Å². The molecule has 1 aliphatic heterocycles. The lowest BCUT2D eigenvalue weighted by atomic mass is 9.96. The van der Waals surface area contributed by atoms with Gasteiger partial charge in [0.25, 0.3) is 0 Å². The third-order valence-electron chi connectivity index (χ3n) is 5.16. The Balaban J connectivity index is 1.57. The van der Waals surface area contributed by atoms with Gasteiger partial charge < -0.3 is 10.6 Å². The monoisotopic (exact) mass is 291 g/mol. The minimum atomic E-state index is -0.165. The lowest BCUT2D eigenvalue weighted by Gasteiger charge is -2.42. The zero-order valence-corrected chi connectivity index (χ0v) is 12.7. The van der Waals surface area contributed by atoms with Crippen LogP contribution in [0.25, 0.3) is 0 Å². The fourth-order valence-corrected chi connectivity index (χ4v) is 3.95. The summed E-state index contributed by atoms with van der Waals surface area (Å²) in [5.74, 6) is 0.634. The molecule has 21 heavy (non-hydrogen) atoms. The van der Waals surface area contributed by atoms with Crippen molar-refractivity contribution in [2.24, 2.45) is 11.7 Å². The van der Waals surface area contributed by atoms with Gasteiger partial charge in [-0.05, 0) is 43.0 Å². The Labute approximate surface area is 126 Å². The molecule has 0 bridgehead atoms. The van der Waals surface area contributed by atoms with Gasteiger partial charge >= 0.3 is 0 Å². The van der Waals surface area contributed by atoms with Crippen LogP contribution in [0, 0.1) is 11.7 Å². The van der Waals surface area contributed by atoms with Gasteiger partial charge in [0.15, 0.2) is 0 Å². The summed E-state index contributed by atoms with van der Waals surface area (Å²) >= 11 is 0. The molecule has 1 atom stereocenters. The highest BCUT2D eigenvalue weighted by Gasteiger charge is 2.30. The number of nitrogens with two attached hydrogens (primary N) is 1. The number of nitrogens with zero attached hydrogens (tertiary/aromatic N) is 2. The average molecular weight is 291 g/mol. The van der Waals surface area contributed by atoms with E-state index in [0.717, 1.165) is 44.3 Å². The van der Waals surface area contributed by atoms with E-state index in [-0.39, 0.29) is 5.82 Å². The van der Waals surface area contributed by atoms with E-state index in [1.54, 1.807) is 12.1 Å². The lowest BCUT2D eigenvalue weighted by Crippen LogP contribution is -2.54. The van der Waals surface area contributed by atoms with E-state index in [9.17, 15) is 4.39 Å². The molecule has 0 spiro atoms. The van der Waals surface area contributed by atoms with Crippen LogP contribution in [-0.2, 0) is 0 Å². The summed E-state index contributed by atoms with van der Waals surface area (Å²) in [7, 11) is 0. The molecule has 0 amide bonds. The highest BCUT2D eigenvalue weighted by atomic mass is 19.1. The molecule has 2 fully saturated rings. The van der Waals surface area contributed by atoms with Gasteiger partial charge in [-0.3, -0.25) is 4.90 Å². The van der Waals surface area contributed by atoms with Crippen molar-refractivity contribution in [1.29, 1.82) is 0 Å². The van der Waals surface area contributed by atoms with Gasteiger partial charge in [-0.25, -0.2) is 4.39 Å². The summed E-state index contributed by atoms with van der Waals surface area (Å²) in [4.78, 5) is 4.92. The Kier molecular flexibility index (Phi) is 4.76. The number of rotatable bonds is 4. The van der Waals surface area contributed by atoms with Crippen LogP contribution in [0.15, 0.2) is 24.3 Å². The number of hydrogen-bond donors (Lipinski definition) is 1. The largest absolute Gasteiger partial charge is 0.369 e. The van der Waals surface area contributed by atoms with Gasteiger partial charge in [0.05, 0.1) is 0 Å². The van der Waals surface area contributed by atoms with Crippen LogP contribution in [0.3, 0.4) is 0 Å². The predicted octanol–water partition coefficient (Wildman–Crippen LogP) is 2.47. The molecular weight excluding hydrogens is 265 g/mol. The molecule has 1 aliphatic carbocycles. The Bertz CT molecular complexity index is 434. The van der Waals surface area contributed by atoms with Gasteiger partial charge in [-0.1, -0.05) is 12.8 Å². The van der Waals surface area contributed by atoms with Crippen LogP contribution in [0.1, 0.15) is 25.7 Å². The van der Waals surface area contributed by atoms with Gasteiger partial charge in [-0.2, -0.15) is 0 Å². The predicted molar refractivity (Wildman–Crippen MR) is 85.0 cm³/mol. The van der Waals surface area contributed by atoms with E-state index in [2.05, 4.69) is 9.80 Å². The Morgan fingerprint density at radius 1 is 1.05 bits per heavy atom. The van der Waals surface area contributed by atoms with Crippen molar-refractivity contribution < 1.29 is 4.39 Å². The van der Waals surface area contributed by atoms with E-state index < -0.39 is 0 Å². The second-order valence-corrected chi connectivity index (χ2v) is 6.35. The van der Waals surface area contributed by atoms with Gasteiger partial charge in [0, 0.05) is 44.5 Å². The first kappa shape index (κ1) is 14.8. The highest BCUT2D eigenvalue weighted by Crippen LogP contribution is 2.30. The lowest BCUT2D eigenvalue weighted by molar-refractivity contribution is 0.139. The third-order valence-corrected chi connectivity index (χ3v) is 5.16. The first-order valence-corrected chi connectivity index (χ1v) is 8.22. The van der Waals surface area contributed by atoms with Crippen molar-refractivity contribution >= 4 is 5.69 Å². The third kappa shape index (κ3) is 3.38. The fraction of sp³-hybridized carbons (Fsp3) is 0.647. The summed E-state index contributed by atoms with van der Waals surface area (Å²) < 4.78 is 13.0. The molecule has 1 aromatic carbocycles. The van der Waals surface area contributed by atoms with Crippen LogP contribution in [0.2, 0.25) is 0 Å². The summed E-state index contributed by atoms with van der Waals surface area (Å²) in [6.45, 7) is 4.93. The number of piperazine rings is 1. The molecule has 2 aliphatic rings. The van der Waals surface area contributed by atoms with Crippen molar-refractivity contribution in [1.82, 2.24) is 4.90 Å². The van der Waals surface area contributed by atoms with Crippen LogP contribution >= 0.6 is 0 Å². The maximum Gasteiger partial charge on any atom is 0.123 e. The maximum absolute atomic E-state index is 13.0. The smallest absolute Gasteiger partial charge is 0.123 e. The first-order chi connectivity index (χ1) is 10.3. The summed E-state index contributed by atoms with van der Waals surface area (Å²) in [5, 5.41) is 0. The molecule has 1 unspecified atom stereocenters. The number of hydrogen-bond acceptors (Lipinski definition) is 3. The van der Waals surface area contributed by atoms with E-state index in [1.807, 2.05) is 12.1 Å². The van der Waals surface area contributed by atoms with Crippen molar-refractivity contribution in [3.63, 3.8) is 0 Å². The molecule has 1 aromatic rings. The van der Waals surface area contributed by atoms with Gasteiger partial charge in [-0.15, -0.1) is 0 Å². The van der Waals surface area contributed by atoms with E-state index in [0.29, 0.717) is 6.04 Å². The molecule has 4 heteroatoms. The minimum absolute atomic E-state index is 0.165. The number of halogens is 1. The highest BCUT2D eigenvalue weighted by molar-refractivity contribution is 5.46. The summed E-state index contributed by atoms with van der Waals surface area (Å²) in [6, 6.07) is 7.40. The maximum atomic E-state index is 13.0. The molecule has 116 valence electrons. The SMILES string of the molecule is NCC(C1CCCC1)N1CCN(c2ccc(F)cc2)CC1.